The van der Waals surface area contributed by atoms with E-state index in [0.717, 1.165) is 22.3 Å². The first-order valence-electron chi connectivity index (χ1n) is 11.4. The first-order valence-corrected chi connectivity index (χ1v) is 11.4. The molecule has 0 aliphatic heterocycles. The fourth-order valence-corrected chi connectivity index (χ4v) is 4.29. The molecule has 182 valence electrons. The highest BCUT2D eigenvalue weighted by molar-refractivity contribution is 5.94. The van der Waals surface area contributed by atoms with Gasteiger partial charge < -0.3 is 24.6 Å². The lowest BCUT2D eigenvalue weighted by Crippen LogP contribution is -2.38. The minimum Gasteiger partial charge on any atom is -0.480 e. The molecule has 1 aliphatic carbocycles. The Morgan fingerprint density at radius 3 is 2.31 bits per heavy atom. The molecule has 0 saturated heterocycles. The summed E-state index contributed by atoms with van der Waals surface area (Å²) < 4.78 is 10.6. The summed E-state index contributed by atoms with van der Waals surface area (Å²) in [7, 11) is 0. The number of aliphatic carboxylic acids is 1. The molecule has 9 nitrogen and oxygen atoms in total. The Bertz CT molecular complexity index is 1190. The highest BCUT2D eigenvalue weighted by atomic mass is 16.5. The molecular formula is C26H27N3O6. The molecule has 0 saturated carbocycles. The quantitative estimate of drug-likeness (QED) is 0.479. The van der Waals surface area contributed by atoms with Crippen molar-refractivity contribution in [2.24, 2.45) is 5.92 Å². The van der Waals surface area contributed by atoms with Crippen LogP contribution in [-0.2, 0) is 16.1 Å². The molecule has 2 amide bonds. The van der Waals surface area contributed by atoms with Crippen LogP contribution in [0.15, 0.2) is 59.1 Å². The van der Waals surface area contributed by atoms with Gasteiger partial charge in [0.1, 0.15) is 13.2 Å². The number of carboxylic acids is 1. The lowest BCUT2D eigenvalue weighted by atomic mass is 9.98. The van der Waals surface area contributed by atoms with Crippen molar-refractivity contribution in [3.63, 3.8) is 0 Å². The van der Waals surface area contributed by atoms with Crippen molar-refractivity contribution < 1.29 is 28.8 Å². The van der Waals surface area contributed by atoms with Crippen molar-refractivity contribution >= 4 is 18.0 Å². The number of nitrogens with zero attached hydrogens (tertiary/aromatic N) is 2. The standard InChI is InChI=1S/C26H27N3O6/c1-16(2)13-29(14-24(30)31)25(32)23-11-17(35-28-23)12-27-26(33)34-15-22-20-9-5-3-7-18(20)19-8-4-6-10-21(19)22/h3-11,16,22H,12-15H2,1-2H3,(H,27,33)(H,30,31). The first kappa shape index (κ1) is 24.0. The summed E-state index contributed by atoms with van der Waals surface area (Å²) in [6.07, 6.45) is -0.622. The van der Waals surface area contributed by atoms with Gasteiger partial charge in [-0.1, -0.05) is 67.5 Å². The van der Waals surface area contributed by atoms with Gasteiger partial charge in [-0.2, -0.15) is 0 Å². The number of nitrogens with one attached hydrogen (secondary N) is 1. The largest absolute Gasteiger partial charge is 0.480 e. The van der Waals surface area contributed by atoms with E-state index in [1.807, 2.05) is 50.2 Å². The molecule has 1 heterocycles. The Hall–Kier alpha value is -4.14. The maximum absolute atomic E-state index is 12.6. The number of carbonyl (C=O) groups is 3. The van der Waals surface area contributed by atoms with Crippen LogP contribution in [0.4, 0.5) is 4.79 Å². The SMILES string of the molecule is CC(C)CN(CC(=O)O)C(=O)c1cc(CNC(=O)OCC2c3ccccc3-c3ccccc32)on1. The van der Waals surface area contributed by atoms with Gasteiger partial charge in [0.05, 0.1) is 6.54 Å². The number of rotatable bonds is 9. The minimum absolute atomic E-state index is 0.0174. The molecule has 9 heteroatoms. The molecule has 2 N–H and O–H groups in total. The number of carbonyl (C=O) groups excluding carboxylic acids is 2. The number of aromatic nitrogens is 1. The minimum atomic E-state index is -1.11. The fraction of sp³-hybridized carbons (Fsp3) is 0.308. The van der Waals surface area contributed by atoms with Crippen molar-refractivity contribution in [2.75, 3.05) is 19.7 Å². The first-order chi connectivity index (χ1) is 16.8. The van der Waals surface area contributed by atoms with Crippen LogP contribution in [0.2, 0.25) is 0 Å². The third-order valence-corrected chi connectivity index (χ3v) is 5.73. The molecule has 1 aromatic heterocycles. The summed E-state index contributed by atoms with van der Waals surface area (Å²) in [5, 5.41) is 15.4. The smallest absolute Gasteiger partial charge is 0.407 e. The number of ether oxygens (including phenoxy) is 1. The Labute approximate surface area is 202 Å². The average Bonchev–Trinajstić information content (AvgIpc) is 3.43. The maximum atomic E-state index is 12.6. The molecule has 0 atom stereocenters. The predicted octanol–water partition coefficient (Wildman–Crippen LogP) is 3.90. The number of benzene rings is 2. The Kier molecular flexibility index (Phi) is 7.14. The third kappa shape index (κ3) is 5.51. The molecule has 0 unspecified atom stereocenters. The summed E-state index contributed by atoms with van der Waals surface area (Å²) in [5.41, 5.74) is 4.51. The molecule has 0 spiro atoms. The van der Waals surface area contributed by atoms with Crippen LogP contribution < -0.4 is 5.32 Å². The van der Waals surface area contributed by atoms with Gasteiger partial charge in [-0.3, -0.25) is 9.59 Å². The monoisotopic (exact) mass is 477 g/mol. The molecule has 2 aromatic carbocycles. The number of carboxylic acid groups (broad SMARTS) is 1. The van der Waals surface area contributed by atoms with Gasteiger partial charge in [-0.05, 0) is 28.2 Å². The summed E-state index contributed by atoms with van der Waals surface area (Å²) >= 11 is 0. The van der Waals surface area contributed by atoms with Crippen molar-refractivity contribution in [2.45, 2.75) is 26.3 Å². The zero-order valence-corrected chi connectivity index (χ0v) is 19.6. The van der Waals surface area contributed by atoms with E-state index in [2.05, 4.69) is 22.6 Å². The van der Waals surface area contributed by atoms with E-state index >= 15 is 0 Å². The van der Waals surface area contributed by atoms with Crippen molar-refractivity contribution in [1.29, 1.82) is 0 Å². The second kappa shape index (κ2) is 10.4. The van der Waals surface area contributed by atoms with E-state index in [1.54, 1.807) is 0 Å². The van der Waals surface area contributed by atoms with Gasteiger partial charge in [0.25, 0.3) is 5.91 Å². The average molecular weight is 478 g/mol. The fourth-order valence-electron chi connectivity index (χ4n) is 4.29. The molecule has 4 rings (SSSR count). The van der Waals surface area contributed by atoms with Crippen molar-refractivity contribution in [3.05, 3.63) is 77.2 Å². The van der Waals surface area contributed by atoms with E-state index in [1.165, 1.54) is 11.0 Å². The molecule has 35 heavy (non-hydrogen) atoms. The Morgan fingerprint density at radius 1 is 1.09 bits per heavy atom. The lowest BCUT2D eigenvalue weighted by molar-refractivity contribution is -0.137. The van der Waals surface area contributed by atoms with E-state index in [0.29, 0.717) is 0 Å². The van der Waals surface area contributed by atoms with E-state index in [9.17, 15) is 14.4 Å². The summed E-state index contributed by atoms with van der Waals surface area (Å²) in [5.74, 6) is -1.37. The van der Waals surface area contributed by atoms with Gasteiger partial charge in [-0.15, -0.1) is 0 Å². The molecule has 0 fully saturated rings. The highest BCUT2D eigenvalue weighted by Gasteiger charge is 2.29. The second-order valence-electron chi connectivity index (χ2n) is 8.83. The van der Waals surface area contributed by atoms with Gasteiger partial charge in [0.2, 0.25) is 0 Å². The van der Waals surface area contributed by atoms with Crippen molar-refractivity contribution in [1.82, 2.24) is 15.4 Å². The molecule has 0 radical (unpaired) electrons. The number of amides is 2. The Morgan fingerprint density at radius 2 is 1.71 bits per heavy atom. The zero-order valence-electron chi connectivity index (χ0n) is 19.6. The second-order valence-corrected chi connectivity index (χ2v) is 8.83. The van der Waals surface area contributed by atoms with Crippen LogP contribution in [0.5, 0.6) is 0 Å². The van der Waals surface area contributed by atoms with Gasteiger partial charge >= 0.3 is 12.1 Å². The van der Waals surface area contributed by atoms with Crippen LogP contribution in [0.25, 0.3) is 11.1 Å². The van der Waals surface area contributed by atoms with Gasteiger partial charge in [0.15, 0.2) is 11.5 Å². The number of fused-ring (bicyclic) bond motifs is 3. The predicted molar refractivity (Wildman–Crippen MR) is 127 cm³/mol. The normalized spacial score (nSPS) is 12.2. The van der Waals surface area contributed by atoms with E-state index < -0.39 is 24.5 Å². The zero-order chi connectivity index (χ0) is 24.9. The van der Waals surface area contributed by atoms with Crippen LogP contribution >= 0.6 is 0 Å². The Balaban J connectivity index is 1.33. The molecular weight excluding hydrogens is 450 g/mol. The lowest BCUT2D eigenvalue weighted by Gasteiger charge is -2.21. The molecule has 0 bridgehead atoms. The van der Waals surface area contributed by atoms with Crippen molar-refractivity contribution in [3.8, 4) is 11.1 Å². The van der Waals surface area contributed by atoms with E-state index in [4.69, 9.17) is 14.4 Å². The van der Waals surface area contributed by atoms with Crippen LogP contribution in [0, 0.1) is 5.92 Å². The van der Waals surface area contributed by atoms with Gasteiger partial charge in [-0.25, -0.2) is 4.79 Å². The van der Waals surface area contributed by atoms with E-state index in [-0.39, 0.29) is 43.0 Å². The summed E-state index contributed by atoms with van der Waals surface area (Å²) in [4.78, 5) is 37.3. The molecule has 1 aliphatic rings. The topological polar surface area (TPSA) is 122 Å². The highest BCUT2D eigenvalue weighted by Crippen LogP contribution is 2.44. The van der Waals surface area contributed by atoms with Gasteiger partial charge in [0, 0.05) is 18.5 Å². The summed E-state index contributed by atoms with van der Waals surface area (Å²) in [6, 6.07) is 17.5. The molecule has 3 aromatic rings. The number of alkyl carbamates (subject to hydrolysis) is 1. The maximum Gasteiger partial charge on any atom is 0.407 e. The van der Waals surface area contributed by atoms with Crippen LogP contribution in [0.3, 0.4) is 0 Å². The number of hydrogen-bond acceptors (Lipinski definition) is 6. The van der Waals surface area contributed by atoms with Crippen LogP contribution in [0.1, 0.15) is 47.1 Å². The number of hydrogen-bond donors (Lipinski definition) is 2. The third-order valence-electron chi connectivity index (χ3n) is 5.73. The van der Waals surface area contributed by atoms with Crippen LogP contribution in [-0.4, -0.2) is 52.8 Å². The summed E-state index contributed by atoms with van der Waals surface area (Å²) in [6.45, 7) is 3.76.